The Bertz CT molecular complexity index is 122. The minimum Gasteiger partial charge on any atom is -0.373 e. The highest BCUT2D eigenvalue weighted by atomic mass is 16.6. The predicted molar refractivity (Wildman–Crippen MR) is 42.5 cm³/mol. The van der Waals surface area contributed by atoms with Crippen molar-refractivity contribution in [3.8, 4) is 0 Å². The third-order valence-electron chi connectivity index (χ3n) is 2.87. The van der Waals surface area contributed by atoms with Gasteiger partial charge in [-0.05, 0) is 18.8 Å². The van der Waals surface area contributed by atoms with E-state index in [-0.39, 0.29) is 0 Å². The number of fused-ring (bicyclic) bond motifs is 1. The normalized spacial score (nSPS) is 43.9. The summed E-state index contributed by atoms with van der Waals surface area (Å²) in [5, 5.41) is 0. The summed E-state index contributed by atoms with van der Waals surface area (Å²) >= 11 is 0. The molecule has 2 aliphatic rings. The summed E-state index contributed by atoms with van der Waals surface area (Å²) in [6.45, 7) is 3.86. The predicted octanol–water partition coefficient (Wildman–Crippen LogP) is 1.59. The molecule has 1 saturated carbocycles. The lowest BCUT2D eigenvalue weighted by Crippen LogP contribution is -2.33. The van der Waals surface area contributed by atoms with E-state index in [1.54, 1.807) is 0 Å². The Labute approximate surface area is 67.9 Å². The summed E-state index contributed by atoms with van der Waals surface area (Å²) in [6, 6.07) is 0. The molecule has 1 saturated heterocycles. The van der Waals surface area contributed by atoms with Gasteiger partial charge in [0.1, 0.15) is 0 Å². The summed E-state index contributed by atoms with van der Waals surface area (Å²) < 4.78 is 11.2. The van der Waals surface area contributed by atoms with Gasteiger partial charge in [-0.1, -0.05) is 13.3 Å². The lowest BCUT2D eigenvalue weighted by atomic mass is 10.1. The molecule has 2 nitrogen and oxygen atoms in total. The van der Waals surface area contributed by atoms with Gasteiger partial charge in [-0.2, -0.15) is 0 Å². The van der Waals surface area contributed by atoms with Crippen molar-refractivity contribution in [3.05, 3.63) is 0 Å². The largest absolute Gasteiger partial charge is 0.373 e. The molecule has 2 heteroatoms. The minimum atomic E-state index is 0.425. The van der Waals surface area contributed by atoms with E-state index in [1.165, 1.54) is 19.3 Å². The van der Waals surface area contributed by atoms with Crippen LogP contribution in [0.2, 0.25) is 0 Å². The lowest BCUT2D eigenvalue weighted by Gasteiger charge is -2.25. The van der Waals surface area contributed by atoms with Crippen molar-refractivity contribution in [1.82, 2.24) is 0 Å². The Kier molecular flexibility index (Phi) is 2.14. The van der Waals surface area contributed by atoms with Crippen molar-refractivity contribution in [2.24, 2.45) is 5.92 Å². The number of ether oxygens (including phenoxy) is 2. The Hall–Kier alpha value is -0.0800. The van der Waals surface area contributed by atoms with Crippen LogP contribution in [-0.2, 0) is 9.47 Å². The molecule has 1 aliphatic heterocycles. The summed E-state index contributed by atoms with van der Waals surface area (Å²) in [6.07, 6.45) is 4.57. The third kappa shape index (κ3) is 1.42. The zero-order valence-corrected chi connectivity index (χ0v) is 7.08. The summed E-state index contributed by atoms with van der Waals surface area (Å²) in [5.74, 6) is 0.850. The molecule has 1 heterocycles. The van der Waals surface area contributed by atoms with Gasteiger partial charge in [0.2, 0.25) is 0 Å². The van der Waals surface area contributed by atoms with E-state index < -0.39 is 0 Å². The van der Waals surface area contributed by atoms with Crippen molar-refractivity contribution in [2.45, 2.75) is 38.4 Å². The first kappa shape index (κ1) is 7.56. The lowest BCUT2D eigenvalue weighted by molar-refractivity contribution is -0.124. The zero-order valence-electron chi connectivity index (χ0n) is 7.08. The average Bonchev–Trinajstić information content (AvgIpc) is 2.46. The van der Waals surface area contributed by atoms with Gasteiger partial charge >= 0.3 is 0 Å². The van der Waals surface area contributed by atoms with Crippen molar-refractivity contribution >= 4 is 0 Å². The van der Waals surface area contributed by atoms with E-state index in [0.29, 0.717) is 12.2 Å². The Balaban J connectivity index is 1.92. The molecule has 0 bridgehead atoms. The monoisotopic (exact) mass is 156 g/mol. The van der Waals surface area contributed by atoms with Crippen LogP contribution in [0.25, 0.3) is 0 Å². The molecule has 2 rings (SSSR count). The van der Waals surface area contributed by atoms with E-state index in [4.69, 9.17) is 9.47 Å². The number of hydrogen-bond donors (Lipinski definition) is 0. The first-order chi connectivity index (χ1) is 5.40. The fourth-order valence-corrected chi connectivity index (χ4v) is 2.14. The van der Waals surface area contributed by atoms with Crippen molar-refractivity contribution in [2.75, 3.05) is 13.2 Å². The van der Waals surface area contributed by atoms with E-state index >= 15 is 0 Å². The fraction of sp³-hybridized carbons (Fsp3) is 1.00. The van der Waals surface area contributed by atoms with Crippen LogP contribution in [0.4, 0.5) is 0 Å². The Morgan fingerprint density at radius 2 is 1.64 bits per heavy atom. The van der Waals surface area contributed by atoms with Crippen LogP contribution in [0, 0.1) is 5.92 Å². The Morgan fingerprint density at radius 3 is 2.09 bits per heavy atom. The molecule has 0 spiro atoms. The van der Waals surface area contributed by atoms with Crippen LogP contribution >= 0.6 is 0 Å². The molecular weight excluding hydrogens is 140 g/mol. The van der Waals surface area contributed by atoms with Crippen LogP contribution in [0.1, 0.15) is 26.2 Å². The Morgan fingerprint density at radius 1 is 1.09 bits per heavy atom. The standard InChI is InChI=1S/C9H16O2/c1-2-7-5-8-9(6-7)11-4-3-10-8/h7-9H,2-6H2,1H3. The maximum Gasteiger partial charge on any atom is 0.0840 e. The number of rotatable bonds is 1. The molecule has 2 unspecified atom stereocenters. The summed E-state index contributed by atoms with van der Waals surface area (Å²) in [5.41, 5.74) is 0. The molecule has 0 aromatic rings. The van der Waals surface area contributed by atoms with Gasteiger partial charge in [0, 0.05) is 0 Å². The highest BCUT2D eigenvalue weighted by Gasteiger charge is 2.36. The quantitative estimate of drug-likeness (QED) is 0.574. The van der Waals surface area contributed by atoms with Gasteiger partial charge < -0.3 is 9.47 Å². The van der Waals surface area contributed by atoms with Gasteiger partial charge in [0.05, 0.1) is 25.4 Å². The van der Waals surface area contributed by atoms with Crippen molar-refractivity contribution in [1.29, 1.82) is 0 Å². The van der Waals surface area contributed by atoms with Crippen LogP contribution in [-0.4, -0.2) is 25.4 Å². The maximum atomic E-state index is 5.61. The van der Waals surface area contributed by atoms with E-state index in [0.717, 1.165) is 19.1 Å². The summed E-state index contributed by atoms with van der Waals surface area (Å²) in [4.78, 5) is 0. The van der Waals surface area contributed by atoms with Crippen LogP contribution in [0.5, 0.6) is 0 Å². The number of hydrogen-bond acceptors (Lipinski definition) is 2. The van der Waals surface area contributed by atoms with E-state index in [2.05, 4.69) is 6.92 Å². The highest BCUT2D eigenvalue weighted by Crippen LogP contribution is 2.33. The first-order valence-electron chi connectivity index (χ1n) is 4.63. The molecule has 0 aromatic heterocycles. The minimum absolute atomic E-state index is 0.425. The van der Waals surface area contributed by atoms with Gasteiger partial charge in [0.15, 0.2) is 0 Å². The van der Waals surface area contributed by atoms with Crippen LogP contribution < -0.4 is 0 Å². The maximum absolute atomic E-state index is 5.61. The highest BCUT2D eigenvalue weighted by molar-refractivity contribution is 4.86. The fourth-order valence-electron chi connectivity index (χ4n) is 2.14. The van der Waals surface area contributed by atoms with Gasteiger partial charge in [0.25, 0.3) is 0 Å². The third-order valence-corrected chi connectivity index (χ3v) is 2.87. The molecule has 2 fully saturated rings. The molecule has 11 heavy (non-hydrogen) atoms. The van der Waals surface area contributed by atoms with Crippen LogP contribution in [0.3, 0.4) is 0 Å². The molecule has 0 amide bonds. The second-order valence-corrected chi connectivity index (χ2v) is 3.56. The topological polar surface area (TPSA) is 18.5 Å². The van der Waals surface area contributed by atoms with Gasteiger partial charge in [-0.15, -0.1) is 0 Å². The second kappa shape index (κ2) is 3.11. The smallest absolute Gasteiger partial charge is 0.0840 e. The molecule has 64 valence electrons. The van der Waals surface area contributed by atoms with E-state index in [1.807, 2.05) is 0 Å². The molecule has 0 N–H and O–H groups in total. The molecule has 2 atom stereocenters. The molecule has 0 radical (unpaired) electrons. The molecule has 1 aliphatic carbocycles. The van der Waals surface area contributed by atoms with Gasteiger partial charge in [-0.25, -0.2) is 0 Å². The summed E-state index contributed by atoms with van der Waals surface area (Å²) in [7, 11) is 0. The van der Waals surface area contributed by atoms with Crippen LogP contribution in [0.15, 0.2) is 0 Å². The molecular formula is C9H16O2. The average molecular weight is 156 g/mol. The molecule has 0 aromatic carbocycles. The second-order valence-electron chi connectivity index (χ2n) is 3.56. The first-order valence-corrected chi connectivity index (χ1v) is 4.63. The zero-order chi connectivity index (χ0) is 7.68. The SMILES string of the molecule is CCC1CC2OCCOC2C1. The van der Waals surface area contributed by atoms with E-state index in [9.17, 15) is 0 Å². The van der Waals surface area contributed by atoms with Crippen molar-refractivity contribution in [3.63, 3.8) is 0 Å². The van der Waals surface area contributed by atoms with Crippen molar-refractivity contribution < 1.29 is 9.47 Å². The van der Waals surface area contributed by atoms with Gasteiger partial charge in [-0.3, -0.25) is 0 Å².